The second kappa shape index (κ2) is 14.1. The van der Waals surface area contributed by atoms with Crippen molar-refractivity contribution < 1.29 is 13.2 Å². The van der Waals surface area contributed by atoms with Gasteiger partial charge in [-0.15, -0.1) is 0 Å². The lowest BCUT2D eigenvalue weighted by molar-refractivity contribution is 0.0982. The number of fused-ring (bicyclic) bond motifs is 1. The number of methoxy groups -OCH3 is 1. The molecule has 4 heterocycles. The molecule has 0 amide bonds. The largest absolute Gasteiger partial charge is 0.494 e. The van der Waals surface area contributed by atoms with Gasteiger partial charge in [-0.05, 0) is 66.0 Å². The molecule has 0 spiro atoms. The SMILES string of the molecule is CCc1cc(Nc2ncc(Br)c(Nc3ccc4nccnc4c3NS(C)(=O)=O)n2)c(OC)cc1N1CCC(N2CCN(C)CC2)CC1. The highest BCUT2D eigenvalue weighted by molar-refractivity contribution is 9.10. The number of halogens is 1. The predicted octanol–water partition coefficient (Wildman–Crippen LogP) is 4.83. The van der Waals surface area contributed by atoms with Crippen LogP contribution in [0.15, 0.2) is 47.3 Å². The summed E-state index contributed by atoms with van der Waals surface area (Å²) < 4.78 is 33.5. The molecule has 2 fully saturated rings. The van der Waals surface area contributed by atoms with Crippen molar-refractivity contribution in [3.63, 3.8) is 0 Å². The van der Waals surface area contributed by atoms with E-state index in [1.165, 1.54) is 17.4 Å². The summed E-state index contributed by atoms with van der Waals surface area (Å²) in [5, 5.41) is 6.58. The molecule has 0 unspecified atom stereocenters. The fraction of sp³-hybridized carbons (Fsp3) is 0.438. The molecule has 0 saturated carbocycles. The van der Waals surface area contributed by atoms with Gasteiger partial charge in [-0.3, -0.25) is 19.6 Å². The number of nitrogens with one attached hydrogen (secondary N) is 3. The molecular weight excluding hydrogens is 684 g/mol. The highest BCUT2D eigenvalue weighted by atomic mass is 79.9. The molecule has 0 atom stereocenters. The lowest BCUT2D eigenvalue weighted by atomic mass is 9.99. The number of likely N-dealkylation sites (N-methyl/N-ethyl adjacent to an activating group) is 1. The minimum Gasteiger partial charge on any atom is -0.494 e. The van der Waals surface area contributed by atoms with Gasteiger partial charge < -0.3 is 25.2 Å². The molecule has 0 bridgehead atoms. The van der Waals surface area contributed by atoms with E-state index in [-0.39, 0.29) is 5.69 Å². The number of aromatic nitrogens is 4. The number of hydrogen-bond donors (Lipinski definition) is 3. The van der Waals surface area contributed by atoms with Crippen molar-refractivity contribution in [1.82, 2.24) is 29.7 Å². The summed E-state index contributed by atoms with van der Waals surface area (Å²) >= 11 is 3.53. The zero-order valence-electron chi connectivity index (χ0n) is 27.1. The van der Waals surface area contributed by atoms with Gasteiger partial charge in [0.15, 0.2) is 0 Å². The Morgan fingerprint density at radius 3 is 2.43 bits per heavy atom. The van der Waals surface area contributed by atoms with E-state index in [9.17, 15) is 8.42 Å². The third-order valence-corrected chi connectivity index (χ3v) is 9.97. The van der Waals surface area contributed by atoms with E-state index < -0.39 is 10.0 Å². The van der Waals surface area contributed by atoms with Crippen molar-refractivity contribution in [2.24, 2.45) is 0 Å². The van der Waals surface area contributed by atoms with E-state index in [1.807, 2.05) is 0 Å². The average Bonchev–Trinajstić information content (AvgIpc) is 3.07. The lowest BCUT2D eigenvalue weighted by Crippen LogP contribution is -2.52. The Morgan fingerprint density at radius 2 is 1.72 bits per heavy atom. The molecule has 15 heteroatoms. The van der Waals surface area contributed by atoms with Gasteiger partial charge in [0.25, 0.3) is 0 Å². The first-order chi connectivity index (χ1) is 22.6. The Hall–Kier alpha value is -3.79. The minimum atomic E-state index is -3.61. The second-order valence-corrected chi connectivity index (χ2v) is 14.6. The molecule has 4 aromatic rings. The van der Waals surface area contributed by atoms with Gasteiger partial charge in [0.05, 0.1) is 40.4 Å². The molecule has 2 saturated heterocycles. The van der Waals surface area contributed by atoms with E-state index in [0.717, 1.165) is 70.5 Å². The number of piperazine rings is 1. The number of hydrogen-bond acceptors (Lipinski definition) is 12. The first-order valence-corrected chi connectivity index (χ1v) is 18.5. The summed E-state index contributed by atoms with van der Waals surface area (Å²) in [6.45, 7) is 8.79. The fourth-order valence-electron chi connectivity index (χ4n) is 6.31. The maximum absolute atomic E-state index is 12.3. The van der Waals surface area contributed by atoms with Crippen LogP contribution in [-0.2, 0) is 16.4 Å². The maximum atomic E-state index is 12.3. The molecule has 2 aromatic carbocycles. The summed E-state index contributed by atoms with van der Waals surface area (Å²) in [4.78, 5) is 25.4. The summed E-state index contributed by atoms with van der Waals surface area (Å²) in [5.74, 6) is 1.47. The molecule has 13 nitrogen and oxygen atoms in total. The molecule has 2 aromatic heterocycles. The Labute approximate surface area is 284 Å². The number of sulfonamides is 1. The van der Waals surface area contributed by atoms with Gasteiger partial charge in [0.1, 0.15) is 17.1 Å². The van der Waals surface area contributed by atoms with Crippen molar-refractivity contribution in [1.29, 1.82) is 0 Å². The van der Waals surface area contributed by atoms with Gasteiger partial charge >= 0.3 is 0 Å². The Morgan fingerprint density at radius 1 is 0.979 bits per heavy atom. The van der Waals surface area contributed by atoms with E-state index >= 15 is 0 Å². The maximum Gasteiger partial charge on any atom is 0.229 e. The van der Waals surface area contributed by atoms with Gasteiger partial charge in [0, 0.05) is 75.7 Å². The topological polar surface area (TPSA) is 141 Å². The molecule has 6 rings (SSSR count). The summed E-state index contributed by atoms with van der Waals surface area (Å²) in [6, 6.07) is 8.38. The van der Waals surface area contributed by atoms with Crippen molar-refractivity contribution in [2.75, 3.05) is 79.9 Å². The number of ether oxygens (including phenoxy) is 1. The number of piperidine rings is 1. The third-order valence-electron chi connectivity index (χ3n) is 8.81. The zero-order chi connectivity index (χ0) is 33.1. The average molecular weight is 726 g/mol. The summed E-state index contributed by atoms with van der Waals surface area (Å²) in [6.07, 6.45) is 8.97. The molecule has 2 aliphatic rings. The van der Waals surface area contributed by atoms with Crippen LogP contribution in [0.1, 0.15) is 25.3 Å². The van der Waals surface area contributed by atoms with Crippen LogP contribution < -0.4 is 25.0 Å². The molecule has 0 radical (unpaired) electrons. The van der Waals surface area contributed by atoms with Crippen LogP contribution in [0.4, 0.5) is 34.5 Å². The lowest BCUT2D eigenvalue weighted by Gasteiger charge is -2.43. The second-order valence-electron chi connectivity index (χ2n) is 12.0. The standard InChI is InChI=1S/C32H41BrN10O3S/c1-5-21-18-26(28(46-3)19-27(21)43-12-8-22(9-13-43)42-16-14-41(2)15-17-42)38-32-36-20-23(33)31(39-32)37-25-7-6-24-29(35-11-10-34-24)30(25)40-47(4,44)45/h6-7,10-11,18-20,22,40H,5,8-9,12-17H2,1-4H3,(H2,36,37,38,39). The minimum absolute atomic E-state index is 0.274. The molecule has 250 valence electrons. The third kappa shape index (κ3) is 7.69. The number of rotatable bonds is 10. The van der Waals surface area contributed by atoms with Crippen LogP contribution in [0.3, 0.4) is 0 Å². The van der Waals surface area contributed by atoms with Gasteiger partial charge in [-0.25, -0.2) is 13.4 Å². The Balaban J connectivity index is 1.22. The first-order valence-electron chi connectivity index (χ1n) is 15.8. The normalized spacial score (nSPS) is 16.7. The van der Waals surface area contributed by atoms with Gasteiger partial charge in [-0.1, -0.05) is 6.92 Å². The number of benzene rings is 2. The van der Waals surface area contributed by atoms with Crippen LogP contribution in [0, 0.1) is 0 Å². The number of aryl methyl sites for hydroxylation is 1. The quantitative estimate of drug-likeness (QED) is 0.206. The first kappa shape index (κ1) is 33.1. The monoisotopic (exact) mass is 724 g/mol. The van der Waals surface area contributed by atoms with Crippen LogP contribution in [0.2, 0.25) is 0 Å². The predicted molar refractivity (Wildman–Crippen MR) is 191 cm³/mol. The van der Waals surface area contributed by atoms with E-state index in [0.29, 0.717) is 44.8 Å². The van der Waals surface area contributed by atoms with Crippen molar-refractivity contribution in [3.05, 3.63) is 52.9 Å². The molecular formula is C32H41BrN10O3S. The molecule has 3 N–H and O–H groups in total. The van der Waals surface area contributed by atoms with Crippen molar-refractivity contribution >= 4 is 71.5 Å². The number of nitrogens with zero attached hydrogens (tertiary/aromatic N) is 7. The summed E-state index contributed by atoms with van der Waals surface area (Å²) in [5.41, 5.74) is 4.87. The molecule has 47 heavy (non-hydrogen) atoms. The highest BCUT2D eigenvalue weighted by Gasteiger charge is 2.28. The highest BCUT2D eigenvalue weighted by Crippen LogP contribution is 2.38. The van der Waals surface area contributed by atoms with Crippen molar-refractivity contribution in [3.8, 4) is 5.75 Å². The molecule has 0 aliphatic carbocycles. The van der Waals surface area contributed by atoms with Crippen LogP contribution in [-0.4, -0.2) is 104 Å². The Kier molecular flexibility index (Phi) is 9.96. The number of anilines is 6. The van der Waals surface area contributed by atoms with E-state index in [1.54, 1.807) is 31.6 Å². The van der Waals surface area contributed by atoms with E-state index in [2.05, 4.69) is 87.0 Å². The van der Waals surface area contributed by atoms with Crippen molar-refractivity contribution in [2.45, 2.75) is 32.2 Å². The molecule has 2 aliphatic heterocycles. The Bertz CT molecular complexity index is 1840. The van der Waals surface area contributed by atoms with Crippen LogP contribution in [0.25, 0.3) is 11.0 Å². The van der Waals surface area contributed by atoms with Crippen LogP contribution in [0.5, 0.6) is 5.75 Å². The van der Waals surface area contributed by atoms with Crippen LogP contribution >= 0.6 is 15.9 Å². The fourth-order valence-corrected chi connectivity index (χ4v) is 7.18. The van der Waals surface area contributed by atoms with E-state index in [4.69, 9.17) is 9.72 Å². The smallest absolute Gasteiger partial charge is 0.229 e. The summed E-state index contributed by atoms with van der Waals surface area (Å²) in [7, 11) is 0.261. The van der Waals surface area contributed by atoms with Gasteiger partial charge in [0.2, 0.25) is 16.0 Å². The van der Waals surface area contributed by atoms with Gasteiger partial charge in [-0.2, -0.15) is 4.98 Å². The zero-order valence-corrected chi connectivity index (χ0v) is 29.5.